The Hall–Kier alpha value is -2.90. The average Bonchev–Trinajstić information content (AvgIpc) is 3.06. The van der Waals surface area contributed by atoms with Gasteiger partial charge < -0.3 is 15.0 Å². The highest BCUT2D eigenvalue weighted by molar-refractivity contribution is 6.02. The van der Waals surface area contributed by atoms with Crippen LogP contribution in [0.3, 0.4) is 0 Å². The molecule has 0 radical (unpaired) electrons. The van der Waals surface area contributed by atoms with Gasteiger partial charge in [-0.15, -0.1) is 0 Å². The minimum absolute atomic E-state index is 0.00569. The van der Waals surface area contributed by atoms with E-state index in [1.807, 2.05) is 30.3 Å². The predicted molar refractivity (Wildman–Crippen MR) is 106 cm³/mol. The Morgan fingerprint density at radius 2 is 1.83 bits per heavy atom. The molecule has 8 heteroatoms. The fourth-order valence-electron chi connectivity index (χ4n) is 3.83. The molecule has 1 saturated heterocycles. The maximum atomic E-state index is 12.9. The van der Waals surface area contributed by atoms with E-state index in [0.29, 0.717) is 6.42 Å². The summed E-state index contributed by atoms with van der Waals surface area (Å²) in [6.45, 7) is -0.159. The molecule has 1 N–H and O–H groups in total. The topological polar surface area (TPSA) is 96.0 Å². The number of ether oxygens (including phenoxy) is 1. The molecule has 1 aromatic carbocycles. The first-order valence-corrected chi connectivity index (χ1v) is 10.2. The number of carbonyl (C=O) groups excluding carboxylic acids is 4. The normalized spacial score (nSPS) is 17.2. The predicted octanol–water partition coefficient (Wildman–Crippen LogP) is 2.23. The van der Waals surface area contributed by atoms with E-state index in [2.05, 4.69) is 5.32 Å². The molecule has 1 saturated carbocycles. The molecule has 0 unspecified atom stereocenters. The molecule has 2 aliphatic rings. The molecule has 4 amide bonds. The van der Waals surface area contributed by atoms with Gasteiger partial charge >= 0.3 is 12.0 Å². The van der Waals surface area contributed by atoms with Crippen LogP contribution in [0.5, 0.6) is 0 Å². The molecule has 3 rings (SSSR count). The van der Waals surface area contributed by atoms with E-state index in [9.17, 15) is 19.2 Å². The summed E-state index contributed by atoms with van der Waals surface area (Å²) in [7, 11) is 0. The number of urea groups is 1. The monoisotopic (exact) mass is 401 g/mol. The van der Waals surface area contributed by atoms with Crippen molar-refractivity contribution in [3.8, 4) is 0 Å². The summed E-state index contributed by atoms with van der Waals surface area (Å²) < 4.78 is 5.18. The van der Waals surface area contributed by atoms with Gasteiger partial charge in [-0.25, -0.2) is 4.79 Å². The summed E-state index contributed by atoms with van der Waals surface area (Å²) in [4.78, 5) is 50.7. The lowest BCUT2D eigenvalue weighted by atomic mass is 9.93. The molecule has 0 bridgehead atoms. The first-order valence-electron chi connectivity index (χ1n) is 10.2. The molecule has 1 aliphatic heterocycles. The van der Waals surface area contributed by atoms with Crippen LogP contribution >= 0.6 is 0 Å². The lowest BCUT2D eigenvalue weighted by molar-refractivity contribution is -0.148. The third kappa shape index (κ3) is 5.56. The van der Waals surface area contributed by atoms with Crippen molar-refractivity contribution in [2.75, 3.05) is 24.6 Å². The van der Waals surface area contributed by atoms with Crippen molar-refractivity contribution in [1.82, 2.24) is 10.2 Å². The van der Waals surface area contributed by atoms with Gasteiger partial charge in [-0.2, -0.15) is 0 Å². The van der Waals surface area contributed by atoms with Gasteiger partial charge in [0.05, 0.1) is 6.54 Å². The van der Waals surface area contributed by atoms with Crippen LogP contribution in [0.25, 0.3) is 0 Å². The third-order valence-electron chi connectivity index (χ3n) is 5.30. The quantitative estimate of drug-likeness (QED) is 0.532. The number of carbonyl (C=O) groups is 4. The average molecular weight is 401 g/mol. The van der Waals surface area contributed by atoms with Crippen molar-refractivity contribution < 1.29 is 23.9 Å². The van der Waals surface area contributed by atoms with Gasteiger partial charge in [0.2, 0.25) is 5.91 Å². The maximum Gasteiger partial charge on any atom is 0.324 e. The molecular weight excluding hydrogens is 374 g/mol. The zero-order chi connectivity index (χ0) is 20.6. The fraction of sp³-hybridized carbons (Fsp3) is 0.524. The summed E-state index contributed by atoms with van der Waals surface area (Å²) in [6.07, 6.45) is 5.59. The Morgan fingerprint density at radius 1 is 1.10 bits per heavy atom. The van der Waals surface area contributed by atoms with Crippen LogP contribution in [0, 0.1) is 0 Å². The van der Waals surface area contributed by atoms with E-state index in [-0.39, 0.29) is 44.0 Å². The third-order valence-corrected chi connectivity index (χ3v) is 5.30. The highest BCUT2D eigenvalue weighted by Crippen LogP contribution is 2.27. The summed E-state index contributed by atoms with van der Waals surface area (Å²) >= 11 is 0. The van der Waals surface area contributed by atoms with E-state index < -0.39 is 12.0 Å². The number of amides is 4. The van der Waals surface area contributed by atoms with Crippen molar-refractivity contribution in [2.24, 2.45) is 0 Å². The van der Waals surface area contributed by atoms with Gasteiger partial charge in [-0.1, -0.05) is 37.5 Å². The van der Waals surface area contributed by atoms with E-state index in [0.717, 1.165) is 36.3 Å². The van der Waals surface area contributed by atoms with E-state index in [4.69, 9.17) is 4.74 Å². The Balaban J connectivity index is 1.49. The van der Waals surface area contributed by atoms with Crippen LogP contribution in [-0.4, -0.2) is 54.5 Å². The van der Waals surface area contributed by atoms with Crippen LogP contribution in [0.1, 0.15) is 44.9 Å². The number of rotatable bonds is 8. The molecule has 1 aromatic rings. The van der Waals surface area contributed by atoms with Gasteiger partial charge in [0.25, 0.3) is 5.91 Å². The summed E-state index contributed by atoms with van der Waals surface area (Å²) in [5, 5.41) is 2.43. The number of hydrogen-bond acceptors (Lipinski definition) is 5. The van der Waals surface area contributed by atoms with Crippen molar-refractivity contribution >= 4 is 29.5 Å². The zero-order valence-electron chi connectivity index (χ0n) is 16.5. The first kappa shape index (κ1) is 20.8. The second-order valence-corrected chi connectivity index (χ2v) is 7.36. The number of esters is 1. The highest BCUT2D eigenvalue weighted by Gasteiger charge is 2.29. The highest BCUT2D eigenvalue weighted by atomic mass is 16.5. The van der Waals surface area contributed by atoms with Crippen LogP contribution in [0.15, 0.2) is 30.3 Å². The lowest BCUT2D eigenvalue weighted by Gasteiger charge is -2.34. The Kier molecular flexibility index (Phi) is 7.21. The number of para-hydroxylation sites is 1. The van der Waals surface area contributed by atoms with Crippen molar-refractivity contribution in [1.29, 1.82) is 0 Å². The Labute approximate surface area is 170 Å². The molecule has 0 spiro atoms. The molecular formula is C21H27N3O5. The number of benzene rings is 1. The Morgan fingerprint density at radius 3 is 2.48 bits per heavy atom. The molecule has 1 aliphatic carbocycles. The second kappa shape index (κ2) is 10.0. The number of nitrogens with one attached hydrogen (secondary N) is 1. The zero-order valence-corrected chi connectivity index (χ0v) is 16.5. The van der Waals surface area contributed by atoms with Crippen molar-refractivity contribution in [2.45, 2.75) is 51.0 Å². The summed E-state index contributed by atoms with van der Waals surface area (Å²) in [5.74, 6) is -1.04. The van der Waals surface area contributed by atoms with Gasteiger partial charge in [-0.05, 0) is 31.4 Å². The molecule has 8 nitrogen and oxygen atoms in total. The SMILES string of the molecule is O=C(CCCN1C(=O)CNC1=O)OCC(=O)N(c1ccccc1)C1CCCCC1. The molecule has 156 valence electrons. The van der Waals surface area contributed by atoms with Gasteiger partial charge in [0.1, 0.15) is 0 Å². The number of hydrogen-bond donors (Lipinski definition) is 1. The first-order chi connectivity index (χ1) is 14.1. The molecule has 0 atom stereocenters. The van der Waals surface area contributed by atoms with Crippen molar-refractivity contribution in [3.63, 3.8) is 0 Å². The van der Waals surface area contributed by atoms with Crippen LogP contribution < -0.4 is 10.2 Å². The standard InChI is InChI=1S/C21H27N3O5/c25-18-14-22-21(28)23(18)13-7-12-20(27)29-15-19(26)24(16-8-3-1-4-9-16)17-10-5-2-6-11-17/h1,3-4,8-9,17H,2,5-7,10-15H2,(H,22,28). The van der Waals surface area contributed by atoms with Crippen molar-refractivity contribution in [3.05, 3.63) is 30.3 Å². The molecule has 2 fully saturated rings. The van der Waals surface area contributed by atoms with Gasteiger partial charge in [-0.3, -0.25) is 19.3 Å². The van der Waals surface area contributed by atoms with Gasteiger partial charge in [0, 0.05) is 24.7 Å². The van der Waals surface area contributed by atoms with Gasteiger partial charge in [0.15, 0.2) is 6.61 Å². The minimum Gasteiger partial charge on any atom is -0.456 e. The molecule has 0 aromatic heterocycles. The van der Waals surface area contributed by atoms with Crippen LogP contribution in [0.4, 0.5) is 10.5 Å². The largest absolute Gasteiger partial charge is 0.456 e. The van der Waals surface area contributed by atoms with E-state index in [1.54, 1.807) is 4.90 Å². The maximum absolute atomic E-state index is 12.9. The Bertz CT molecular complexity index is 730. The number of imide groups is 1. The summed E-state index contributed by atoms with van der Waals surface area (Å²) in [5.41, 5.74) is 0.819. The number of anilines is 1. The lowest BCUT2D eigenvalue weighted by Crippen LogP contribution is -2.43. The number of nitrogens with zero attached hydrogens (tertiary/aromatic N) is 2. The second-order valence-electron chi connectivity index (χ2n) is 7.36. The molecule has 1 heterocycles. The van der Waals surface area contributed by atoms with Crippen LogP contribution in [0.2, 0.25) is 0 Å². The summed E-state index contributed by atoms with van der Waals surface area (Å²) in [6, 6.07) is 9.15. The van der Waals surface area contributed by atoms with E-state index >= 15 is 0 Å². The smallest absolute Gasteiger partial charge is 0.324 e. The molecule has 29 heavy (non-hydrogen) atoms. The van der Waals surface area contributed by atoms with Crippen LogP contribution in [-0.2, 0) is 19.1 Å². The van der Waals surface area contributed by atoms with E-state index in [1.165, 1.54) is 6.42 Å². The minimum atomic E-state index is -0.512. The fourth-order valence-corrected chi connectivity index (χ4v) is 3.83.